The van der Waals surface area contributed by atoms with E-state index in [1.54, 1.807) is 0 Å². The summed E-state index contributed by atoms with van der Waals surface area (Å²) in [5.74, 6) is 0. The van der Waals surface area contributed by atoms with Crippen molar-refractivity contribution in [1.29, 1.82) is 0 Å². The van der Waals surface area contributed by atoms with Crippen LogP contribution in [0.5, 0.6) is 0 Å². The van der Waals surface area contributed by atoms with Crippen molar-refractivity contribution in [1.82, 2.24) is 5.32 Å². The minimum atomic E-state index is 0.482. The van der Waals surface area contributed by atoms with Gasteiger partial charge in [-0.1, -0.05) is 49.9 Å². The van der Waals surface area contributed by atoms with Gasteiger partial charge in [-0.2, -0.15) is 0 Å². The number of ether oxygens (including phenoxy) is 1. The minimum Gasteiger partial charge on any atom is -0.374 e. The lowest BCUT2D eigenvalue weighted by molar-refractivity contribution is 0.0306. The van der Waals surface area contributed by atoms with E-state index in [9.17, 15) is 0 Å². The molecule has 0 spiro atoms. The summed E-state index contributed by atoms with van der Waals surface area (Å²) in [5.41, 5.74) is 2.68. The number of hydrogen-bond donors (Lipinski definition) is 1. The van der Waals surface area contributed by atoms with Crippen LogP contribution in [0.3, 0.4) is 0 Å². The molecule has 1 fully saturated rings. The Hall–Kier alpha value is -0.860. The molecule has 0 aliphatic heterocycles. The molecule has 0 atom stereocenters. The molecule has 0 bridgehead atoms. The summed E-state index contributed by atoms with van der Waals surface area (Å²) in [6.07, 6.45) is 8.41. The second-order valence-electron chi connectivity index (χ2n) is 5.22. The molecule has 100 valence electrons. The van der Waals surface area contributed by atoms with Crippen molar-refractivity contribution >= 4 is 0 Å². The first-order chi connectivity index (χ1) is 8.90. The molecule has 0 unspecified atom stereocenters. The van der Waals surface area contributed by atoms with Gasteiger partial charge in [-0.25, -0.2) is 0 Å². The van der Waals surface area contributed by atoms with Gasteiger partial charge >= 0.3 is 0 Å². The standard InChI is InChI=1S/C16H25NO/c1-17-12-14-8-6-7-9-15(14)13-18-16-10-4-2-3-5-11-16/h6-9,16-17H,2-5,10-13H2,1H3. The van der Waals surface area contributed by atoms with E-state index in [-0.39, 0.29) is 0 Å². The van der Waals surface area contributed by atoms with E-state index < -0.39 is 0 Å². The Morgan fingerprint density at radius 1 is 1.06 bits per heavy atom. The Bertz CT molecular complexity index is 343. The molecule has 2 nitrogen and oxygen atoms in total. The van der Waals surface area contributed by atoms with Crippen molar-refractivity contribution in [2.75, 3.05) is 7.05 Å². The van der Waals surface area contributed by atoms with Crippen molar-refractivity contribution in [3.05, 3.63) is 35.4 Å². The summed E-state index contributed by atoms with van der Waals surface area (Å²) in [6.45, 7) is 1.69. The Kier molecular flexibility index (Phi) is 5.69. The molecule has 1 aliphatic rings. The maximum Gasteiger partial charge on any atom is 0.0723 e. The number of nitrogens with one attached hydrogen (secondary N) is 1. The van der Waals surface area contributed by atoms with Gasteiger partial charge in [-0.15, -0.1) is 0 Å². The third-order valence-corrected chi connectivity index (χ3v) is 3.76. The molecule has 1 N–H and O–H groups in total. The van der Waals surface area contributed by atoms with Crippen LogP contribution < -0.4 is 5.32 Å². The average molecular weight is 247 g/mol. The fraction of sp³-hybridized carbons (Fsp3) is 0.625. The summed E-state index contributed by atoms with van der Waals surface area (Å²) in [4.78, 5) is 0. The molecule has 1 saturated carbocycles. The molecule has 0 amide bonds. The minimum absolute atomic E-state index is 0.482. The molecule has 0 radical (unpaired) electrons. The van der Waals surface area contributed by atoms with Crippen LogP contribution in [0.1, 0.15) is 49.7 Å². The summed E-state index contributed by atoms with van der Waals surface area (Å²) >= 11 is 0. The molecular formula is C16H25NO. The molecule has 0 heterocycles. The lowest BCUT2D eigenvalue weighted by Gasteiger charge is -2.17. The predicted octanol–water partition coefficient (Wildman–Crippen LogP) is 3.65. The van der Waals surface area contributed by atoms with Crippen molar-refractivity contribution < 1.29 is 4.74 Å². The SMILES string of the molecule is CNCc1ccccc1COC1CCCCCC1. The summed E-state index contributed by atoms with van der Waals surface area (Å²) in [6, 6.07) is 8.57. The van der Waals surface area contributed by atoms with Crippen molar-refractivity contribution in [2.45, 2.75) is 57.8 Å². The highest BCUT2D eigenvalue weighted by Gasteiger charge is 2.13. The van der Waals surface area contributed by atoms with Crippen LogP contribution >= 0.6 is 0 Å². The van der Waals surface area contributed by atoms with Crippen LogP contribution in [0.2, 0.25) is 0 Å². The molecular weight excluding hydrogens is 222 g/mol. The van der Waals surface area contributed by atoms with Crippen LogP contribution in [0.15, 0.2) is 24.3 Å². The third kappa shape index (κ3) is 4.11. The van der Waals surface area contributed by atoms with E-state index in [0.717, 1.165) is 13.2 Å². The van der Waals surface area contributed by atoms with Crippen LogP contribution in [-0.4, -0.2) is 13.2 Å². The van der Waals surface area contributed by atoms with Crippen LogP contribution in [0, 0.1) is 0 Å². The monoisotopic (exact) mass is 247 g/mol. The summed E-state index contributed by atoms with van der Waals surface area (Å²) in [7, 11) is 1.99. The topological polar surface area (TPSA) is 21.3 Å². The highest BCUT2D eigenvalue weighted by molar-refractivity contribution is 5.26. The van der Waals surface area contributed by atoms with Crippen LogP contribution in [-0.2, 0) is 17.9 Å². The zero-order valence-corrected chi connectivity index (χ0v) is 11.5. The summed E-state index contributed by atoms with van der Waals surface area (Å²) < 4.78 is 6.11. The van der Waals surface area contributed by atoms with Crippen molar-refractivity contribution in [2.24, 2.45) is 0 Å². The number of benzene rings is 1. The van der Waals surface area contributed by atoms with Crippen molar-refractivity contribution in [3.63, 3.8) is 0 Å². The fourth-order valence-corrected chi connectivity index (χ4v) is 2.68. The van der Waals surface area contributed by atoms with E-state index in [1.165, 1.54) is 49.7 Å². The molecule has 1 aliphatic carbocycles. The largest absolute Gasteiger partial charge is 0.374 e. The van der Waals surface area contributed by atoms with Gasteiger partial charge in [0.2, 0.25) is 0 Å². The molecule has 18 heavy (non-hydrogen) atoms. The van der Waals surface area contributed by atoms with Gasteiger partial charge in [-0.3, -0.25) is 0 Å². The molecule has 2 heteroatoms. The molecule has 2 rings (SSSR count). The molecule has 1 aromatic carbocycles. The van der Waals surface area contributed by atoms with Gasteiger partial charge in [-0.05, 0) is 31.0 Å². The Labute approximate surface area is 111 Å². The van der Waals surface area contributed by atoms with Crippen LogP contribution in [0.4, 0.5) is 0 Å². The maximum atomic E-state index is 6.11. The average Bonchev–Trinajstić information content (AvgIpc) is 2.67. The molecule has 1 aromatic rings. The lowest BCUT2D eigenvalue weighted by atomic mass is 10.1. The van der Waals surface area contributed by atoms with Crippen LogP contribution in [0.25, 0.3) is 0 Å². The first kappa shape index (κ1) is 13.6. The first-order valence-corrected chi connectivity index (χ1v) is 7.23. The zero-order valence-electron chi connectivity index (χ0n) is 11.5. The van der Waals surface area contributed by atoms with Gasteiger partial charge in [0.1, 0.15) is 0 Å². The highest BCUT2D eigenvalue weighted by Crippen LogP contribution is 2.21. The molecule has 0 aromatic heterocycles. The Balaban J connectivity index is 1.88. The fourth-order valence-electron chi connectivity index (χ4n) is 2.68. The number of rotatable bonds is 5. The van der Waals surface area contributed by atoms with E-state index in [2.05, 4.69) is 29.6 Å². The van der Waals surface area contributed by atoms with Gasteiger partial charge in [0.05, 0.1) is 12.7 Å². The Morgan fingerprint density at radius 2 is 1.72 bits per heavy atom. The smallest absolute Gasteiger partial charge is 0.0723 e. The zero-order chi connectivity index (χ0) is 12.6. The van der Waals surface area contributed by atoms with E-state index in [0.29, 0.717) is 6.10 Å². The van der Waals surface area contributed by atoms with Gasteiger partial charge in [0, 0.05) is 6.54 Å². The second kappa shape index (κ2) is 7.55. The van der Waals surface area contributed by atoms with Gasteiger partial charge in [0.25, 0.3) is 0 Å². The highest BCUT2D eigenvalue weighted by atomic mass is 16.5. The summed E-state index contributed by atoms with van der Waals surface area (Å²) in [5, 5.41) is 3.22. The van der Waals surface area contributed by atoms with Gasteiger partial charge < -0.3 is 10.1 Å². The molecule has 0 saturated heterocycles. The third-order valence-electron chi connectivity index (χ3n) is 3.76. The number of hydrogen-bond acceptors (Lipinski definition) is 2. The lowest BCUT2D eigenvalue weighted by Crippen LogP contribution is -2.13. The normalized spacial score (nSPS) is 17.6. The predicted molar refractivity (Wildman–Crippen MR) is 75.5 cm³/mol. The second-order valence-corrected chi connectivity index (χ2v) is 5.22. The van der Waals surface area contributed by atoms with E-state index in [4.69, 9.17) is 4.74 Å². The Morgan fingerprint density at radius 3 is 2.39 bits per heavy atom. The van der Waals surface area contributed by atoms with E-state index in [1.807, 2.05) is 7.05 Å². The quantitative estimate of drug-likeness (QED) is 0.802. The van der Waals surface area contributed by atoms with Crippen molar-refractivity contribution in [3.8, 4) is 0 Å². The first-order valence-electron chi connectivity index (χ1n) is 7.23. The maximum absolute atomic E-state index is 6.11. The van der Waals surface area contributed by atoms with E-state index >= 15 is 0 Å². The van der Waals surface area contributed by atoms with Gasteiger partial charge in [0.15, 0.2) is 0 Å².